The highest BCUT2D eigenvalue weighted by Gasteiger charge is 2.30. The van der Waals surface area contributed by atoms with E-state index in [1.54, 1.807) is 0 Å². The number of nitrogens with zero attached hydrogens (tertiary/aromatic N) is 3. The van der Waals surface area contributed by atoms with E-state index in [0.717, 1.165) is 77.7 Å². The van der Waals surface area contributed by atoms with Gasteiger partial charge in [-0.05, 0) is 52.4 Å². The Hall–Kier alpha value is -1.14. The van der Waals surface area contributed by atoms with Crippen LogP contribution in [0.5, 0.6) is 0 Å². The molecular weight excluding hydrogens is 328 g/mol. The molecule has 3 aliphatic rings. The summed E-state index contributed by atoms with van der Waals surface area (Å²) in [6.07, 6.45) is 7.04. The summed E-state index contributed by atoms with van der Waals surface area (Å²) >= 11 is 0. The Morgan fingerprint density at radius 3 is 2.35 bits per heavy atom. The summed E-state index contributed by atoms with van der Waals surface area (Å²) in [6.45, 7) is 9.92. The van der Waals surface area contributed by atoms with E-state index in [9.17, 15) is 9.59 Å². The van der Waals surface area contributed by atoms with Crippen LogP contribution in [-0.2, 0) is 9.59 Å². The number of piperidine rings is 3. The molecule has 3 rings (SSSR count). The lowest BCUT2D eigenvalue weighted by atomic mass is 9.99. The number of nitrogens with one attached hydrogen (secondary N) is 1. The minimum Gasteiger partial charge on any atom is -0.352 e. The molecule has 0 saturated carbocycles. The minimum atomic E-state index is 0.167. The highest BCUT2D eigenvalue weighted by Crippen LogP contribution is 2.21. The summed E-state index contributed by atoms with van der Waals surface area (Å²) in [7, 11) is 0. The van der Waals surface area contributed by atoms with Crippen LogP contribution in [0.1, 0.15) is 58.8 Å². The minimum absolute atomic E-state index is 0.167. The van der Waals surface area contributed by atoms with Crippen molar-refractivity contribution in [2.45, 2.75) is 76.9 Å². The van der Waals surface area contributed by atoms with Gasteiger partial charge < -0.3 is 15.1 Å². The monoisotopic (exact) mass is 364 g/mol. The van der Waals surface area contributed by atoms with E-state index in [-0.39, 0.29) is 5.91 Å². The first-order chi connectivity index (χ1) is 12.5. The largest absolute Gasteiger partial charge is 0.352 e. The summed E-state index contributed by atoms with van der Waals surface area (Å²) in [6, 6.07) is 1.32. The van der Waals surface area contributed by atoms with Gasteiger partial charge in [0.25, 0.3) is 0 Å². The third-order valence-corrected chi connectivity index (χ3v) is 6.35. The Labute approximate surface area is 158 Å². The van der Waals surface area contributed by atoms with Gasteiger partial charge in [0.2, 0.25) is 11.8 Å². The third-order valence-electron chi connectivity index (χ3n) is 6.35. The van der Waals surface area contributed by atoms with Crippen molar-refractivity contribution in [2.24, 2.45) is 0 Å². The SMILES string of the molecule is CC(C)N1CCC(NC(=O)CN2CCC(N3CCCCC3=O)CC2)CC1. The van der Waals surface area contributed by atoms with Gasteiger partial charge in [0.05, 0.1) is 6.54 Å². The lowest BCUT2D eigenvalue weighted by molar-refractivity contribution is -0.137. The quantitative estimate of drug-likeness (QED) is 0.802. The molecule has 3 fully saturated rings. The number of rotatable bonds is 5. The highest BCUT2D eigenvalue weighted by atomic mass is 16.2. The maximum absolute atomic E-state index is 12.4. The van der Waals surface area contributed by atoms with Crippen molar-refractivity contribution in [2.75, 3.05) is 39.3 Å². The molecule has 0 aliphatic carbocycles. The Kier molecular flexibility index (Phi) is 6.92. The normalized spacial score (nSPS) is 25.0. The van der Waals surface area contributed by atoms with E-state index >= 15 is 0 Å². The first-order valence-corrected chi connectivity index (χ1v) is 10.6. The van der Waals surface area contributed by atoms with Gasteiger partial charge in [0.1, 0.15) is 0 Å². The molecule has 0 aromatic carbocycles. The van der Waals surface area contributed by atoms with Crippen LogP contribution < -0.4 is 5.32 Å². The fourth-order valence-corrected chi connectivity index (χ4v) is 4.64. The van der Waals surface area contributed by atoms with Crippen molar-refractivity contribution < 1.29 is 9.59 Å². The van der Waals surface area contributed by atoms with Crippen LogP contribution in [0.15, 0.2) is 0 Å². The molecule has 0 aromatic heterocycles. The first-order valence-electron chi connectivity index (χ1n) is 10.6. The van der Waals surface area contributed by atoms with E-state index < -0.39 is 0 Å². The molecule has 6 nitrogen and oxygen atoms in total. The molecule has 0 unspecified atom stereocenters. The van der Waals surface area contributed by atoms with Crippen molar-refractivity contribution in [3.8, 4) is 0 Å². The fraction of sp³-hybridized carbons (Fsp3) is 0.900. The predicted molar refractivity (Wildman–Crippen MR) is 103 cm³/mol. The maximum Gasteiger partial charge on any atom is 0.234 e. The van der Waals surface area contributed by atoms with Crippen molar-refractivity contribution in [3.63, 3.8) is 0 Å². The standard InChI is InChI=1S/C20H36N4O2/c1-16(2)23-13-6-17(7-14-23)21-19(25)15-22-11-8-18(9-12-22)24-10-4-3-5-20(24)26/h16-18H,3-15H2,1-2H3,(H,21,25). The van der Waals surface area contributed by atoms with Crippen molar-refractivity contribution in [3.05, 3.63) is 0 Å². The van der Waals surface area contributed by atoms with Gasteiger partial charge in [-0.2, -0.15) is 0 Å². The molecule has 3 heterocycles. The zero-order chi connectivity index (χ0) is 18.5. The van der Waals surface area contributed by atoms with Gasteiger partial charge in [0, 0.05) is 57.3 Å². The van der Waals surface area contributed by atoms with E-state index in [0.29, 0.717) is 30.6 Å². The van der Waals surface area contributed by atoms with Crippen LogP contribution in [0.25, 0.3) is 0 Å². The number of amides is 2. The van der Waals surface area contributed by atoms with Gasteiger partial charge in [-0.1, -0.05) is 0 Å². The van der Waals surface area contributed by atoms with E-state index in [4.69, 9.17) is 0 Å². The van der Waals surface area contributed by atoms with Crippen LogP contribution >= 0.6 is 0 Å². The molecule has 148 valence electrons. The van der Waals surface area contributed by atoms with Crippen molar-refractivity contribution >= 4 is 11.8 Å². The van der Waals surface area contributed by atoms with Gasteiger partial charge in [-0.15, -0.1) is 0 Å². The second-order valence-corrected chi connectivity index (χ2v) is 8.52. The lowest BCUT2D eigenvalue weighted by Crippen LogP contribution is -2.52. The average molecular weight is 365 g/mol. The molecule has 3 saturated heterocycles. The summed E-state index contributed by atoms with van der Waals surface area (Å²) in [5.74, 6) is 0.501. The van der Waals surface area contributed by atoms with Crippen molar-refractivity contribution in [1.29, 1.82) is 0 Å². The molecule has 0 spiro atoms. The van der Waals surface area contributed by atoms with Gasteiger partial charge in [0.15, 0.2) is 0 Å². The molecule has 3 aliphatic heterocycles. The van der Waals surface area contributed by atoms with Crippen LogP contribution in [0.2, 0.25) is 0 Å². The third kappa shape index (κ3) is 5.19. The summed E-state index contributed by atoms with van der Waals surface area (Å²) in [4.78, 5) is 31.3. The molecule has 0 radical (unpaired) electrons. The smallest absolute Gasteiger partial charge is 0.234 e. The Bertz CT molecular complexity index is 480. The zero-order valence-corrected chi connectivity index (χ0v) is 16.6. The maximum atomic E-state index is 12.4. The van der Waals surface area contributed by atoms with Gasteiger partial charge in [-0.3, -0.25) is 14.5 Å². The molecule has 2 amide bonds. The molecule has 0 atom stereocenters. The van der Waals surface area contributed by atoms with Crippen LogP contribution in [0.4, 0.5) is 0 Å². The van der Waals surface area contributed by atoms with Gasteiger partial charge >= 0.3 is 0 Å². The molecule has 0 bridgehead atoms. The second kappa shape index (κ2) is 9.18. The molecule has 26 heavy (non-hydrogen) atoms. The number of carbonyl (C=O) groups is 2. The number of likely N-dealkylation sites (tertiary alicyclic amines) is 3. The van der Waals surface area contributed by atoms with Crippen LogP contribution in [0.3, 0.4) is 0 Å². The number of hydrogen-bond acceptors (Lipinski definition) is 4. The number of carbonyl (C=O) groups excluding carboxylic acids is 2. The summed E-state index contributed by atoms with van der Waals surface area (Å²) in [5, 5.41) is 3.24. The zero-order valence-electron chi connectivity index (χ0n) is 16.6. The van der Waals surface area contributed by atoms with E-state index in [1.165, 1.54) is 0 Å². The van der Waals surface area contributed by atoms with E-state index in [1.807, 2.05) is 0 Å². The number of hydrogen-bond donors (Lipinski definition) is 1. The topological polar surface area (TPSA) is 55.9 Å². The van der Waals surface area contributed by atoms with Crippen molar-refractivity contribution in [1.82, 2.24) is 20.0 Å². The summed E-state index contributed by atoms with van der Waals surface area (Å²) < 4.78 is 0. The lowest BCUT2D eigenvalue weighted by Gasteiger charge is -2.40. The Balaban J connectivity index is 1.35. The predicted octanol–water partition coefficient (Wildman–Crippen LogP) is 1.45. The summed E-state index contributed by atoms with van der Waals surface area (Å²) in [5.41, 5.74) is 0. The Morgan fingerprint density at radius 1 is 1.04 bits per heavy atom. The molecular formula is C20H36N4O2. The highest BCUT2D eigenvalue weighted by molar-refractivity contribution is 5.78. The van der Waals surface area contributed by atoms with Crippen LogP contribution in [-0.4, -0.2) is 83.9 Å². The van der Waals surface area contributed by atoms with E-state index in [2.05, 4.69) is 33.9 Å². The van der Waals surface area contributed by atoms with Crippen LogP contribution in [0, 0.1) is 0 Å². The fourth-order valence-electron chi connectivity index (χ4n) is 4.64. The first kappa shape index (κ1) is 19.6. The average Bonchev–Trinajstić information content (AvgIpc) is 2.63. The second-order valence-electron chi connectivity index (χ2n) is 8.52. The molecule has 1 N–H and O–H groups in total. The van der Waals surface area contributed by atoms with Gasteiger partial charge in [-0.25, -0.2) is 0 Å². The Morgan fingerprint density at radius 2 is 1.73 bits per heavy atom. The molecule has 6 heteroatoms. The molecule has 0 aromatic rings.